The number of ether oxygens (including phenoxy) is 1. The van der Waals surface area contributed by atoms with Crippen LogP contribution in [0.4, 0.5) is 9.93 Å². The lowest BCUT2D eigenvalue weighted by atomic mass is 9.97. The first kappa shape index (κ1) is 36.1. The van der Waals surface area contributed by atoms with E-state index in [4.69, 9.17) is 9.72 Å². The average Bonchev–Trinajstić information content (AvgIpc) is 3.94. The Morgan fingerprint density at radius 3 is 2.79 bits per heavy atom. The molecule has 13 nitrogen and oxygen atoms in total. The molecule has 2 aromatic rings. The van der Waals surface area contributed by atoms with Gasteiger partial charge in [0.05, 0.1) is 24.0 Å². The Morgan fingerprint density at radius 2 is 2.06 bits per heavy atom. The molecule has 7 rings (SSSR count). The zero-order chi connectivity index (χ0) is 36.8. The second kappa shape index (κ2) is 14.3. The number of sulfonamides is 1. The van der Waals surface area contributed by atoms with Gasteiger partial charge in [-0.1, -0.05) is 56.7 Å². The van der Waals surface area contributed by atoms with Gasteiger partial charge in [-0.3, -0.25) is 24.0 Å². The van der Waals surface area contributed by atoms with Crippen molar-refractivity contribution in [1.29, 1.82) is 0 Å². The molecule has 0 spiro atoms. The van der Waals surface area contributed by atoms with E-state index in [0.29, 0.717) is 37.5 Å². The number of fused-ring (bicyclic) bond motifs is 5. The van der Waals surface area contributed by atoms with Crippen molar-refractivity contribution in [2.45, 2.75) is 107 Å². The van der Waals surface area contributed by atoms with Gasteiger partial charge in [0.25, 0.3) is 5.91 Å². The smallest absolute Gasteiger partial charge is 0.410 e. The van der Waals surface area contributed by atoms with E-state index in [1.54, 1.807) is 4.90 Å². The van der Waals surface area contributed by atoms with Crippen LogP contribution in [0.2, 0.25) is 0 Å². The van der Waals surface area contributed by atoms with Gasteiger partial charge in [-0.15, -0.1) is 17.9 Å². The van der Waals surface area contributed by atoms with E-state index in [-0.39, 0.29) is 31.2 Å². The summed E-state index contributed by atoms with van der Waals surface area (Å²) >= 11 is 1.42. The molecule has 6 atom stereocenters. The van der Waals surface area contributed by atoms with Crippen LogP contribution in [0, 0.1) is 11.8 Å². The van der Waals surface area contributed by atoms with Gasteiger partial charge < -0.3 is 20.3 Å². The van der Waals surface area contributed by atoms with Crippen molar-refractivity contribution in [3.8, 4) is 0 Å². The predicted octanol–water partition coefficient (Wildman–Crippen LogP) is 4.11. The van der Waals surface area contributed by atoms with Crippen molar-refractivity contribution in [3.05, 3.63) is 64.7 Å². The van der Waals surface area contributed by atoms with Gasteiger partial charge in [0.2, 0.25) is 21.8 Å². The molecule has 5 aliphatic rings. The summed E-state index contributed by atoms with van der Waals surface area (Å²) in [4.78, 5) is 63.8. The highest BCUT2D eigenvalue weighted by atomic mass is 32.2. The van der Waals surface area contributed by atoms with Crippen molar-refractivity contribution in [1.82, 2.24) is 24.8 Å². The number of carbonyl (C=O) groups is 4. The van der Waals surface area contributed by atoms with Gasteiger partial charge in [0, 0.05) is 24.3 Å². The van der Waals surface area contributed by atoms with Crippen LogP contribution in [0.15, 0.2) is 42.3 Å². The van der Waals surface area contributed by atoms with E-state index >= 15 is 0 Å². The third-order valence-electron chi connectivity index (χ3n) is 11.1. The van der Waals surface area contributed by atoms with E-state index in [1.807, 2.05) is 37.4 Å². The molecule has 52 heavy (non-hydrogen) atoms. The molecule has 4 amide bonds. The molecule has 0 radical (unpaired) electrons. The molecule has 2 saturated carbocycles. The number of aromatic nitrogens is 1. The maximum Gasteiger partial charge on any atom is 0.410 e. The standard InChI is InChI=1S/C37H46N6O7S2/c1-4-22(3)31-33(45)43-19-27(16-30(43)32(44)40-37(17-25(37)5-2)34(46)41-52(48,49)28-14-15-28)50-36(47)42-18-24-12-9-11-23(29(24)20-42)10-7-6-8-13-26-21-51-35(38-26)39-31/h5,7,9-12,21-22,25,27-28,30-31H,2,4,6,8,13-20H2,1,3H3,(H,38,39)(H,40,44)(H,41,46)/b10-7+/t22-,25+,27+,30-,31-,37+/m0/s1. The fraction of sp³-hybridized carbons (Fsp3) is 0.541. The number of hydrogen-bond acceptors (Lipinski definition) is 10. The highest BCUT2D eigenvalue weighted by Gasteiger charge is 2.62. The van der Waals surface area contributed by atoms with Gasteiger partial charge in [-0.2, -0.15) is 0 Å². The Hall–Kier alpha value is -4.24. The number of hydrogen-bond donors (Lipinski definition) is 3. The van der Waals surface area contributed by atoms with Gasteiger partial charge in [0.15, 0.2) is 5.13 Å². The van der Waals surface area contributed by atoms with Gasteiger partial charge in [-0.25, -0.2) is 18.2 Å². The molecule has 3 N–H and O–H groups in total. The third kappa shape index (κ3) is 7.21. The summed E-state index contributed by atoms with van der Waals surface area (Å²) in [7, 11) is -3.88. The minimum atomic E-state index is -3.88. The Balaban J connectivity index is 1.18. The van der Waals surface area contributed by atoms with E-state index in [1.165, 1.54) is 22.3 Å². The SMILES string of the molecule is C=C[C@@H]1C[C@]1(NC(=O)[C@@H]1C[C@@H]2CN1C(=O)[C@H]([C@@H](C)CC)Nc1nc(cs1)CCC/C=C/c1cccc3c1CN(C3)C(=O)O2)C(=O)NS(=O)(=O)C1CC1. The van der Waals surface area contributed by atoms with E-state index in [0.717, 1.165) is 41.6 Å². The molecule has 278 valence electrons. The fourth-order valence-electron chi connectivity index (χ4n) is 7.44. The molecule has 6 bridgehead atoms. The lowest BCUT2D eigenvalue weighted by molar-refractivity contribution is -0.141. The number of rotatable bonds is 8. The molecular weight excluding hydrogens is 705 g/mol. The van der Waals surface area contributed by atoms with E-state index < -0.39 is 62.8 Å². The number of anilines is 1. The highest BCUT2D eigenvalue weighted by Crippen LogP contribution is 2.45. The molecule has 15 heteroatoms. The average molecular weight is 751 g/mol. The van der Waals surface area contributed by atoms with Crippen molar-refractivity contribution in [3.63, 3.8) is 0 Å². The molecule has 3 fully saturated rings. The van der Waals surface area contributed by atoms with E-state index in [2.05, 4.69) is 34.1 Å². The highest BCUT2D eigenvalue weighted by molar-refractivity contribution is 7.91. The molecule has 2 aliphatic carbocycles. The quantitative estimate of drug-likeness (QED) is 0.337. The number of thiazole rings is 1. The molecule has 1 aromatic heterocycles. The fourth-order valence-corrected chi connectivity index (χ4v) is 9.59. The zero-order valence-corrected chi connectivity index (χ0v) is 31.1. The van der Waals surface area contributed by atoms with Gasteiger partial charge in [0.1, 0.15) is 23.7 Å². The number of benzene rings is 1. The van der Waals surface area contributed by atoms with Crippen LogP contribution in [0.25, 0.3) is 6.08 Å². The molecule has 1 saturated heterocycles. The first-order chi connectivity index (χ1) is 24.9. The number of nitrogens with zero attached hydrogens (tertiary/aromatic N) is 3. The summed E-state index contributed by atoms with van der Waals surface area (Å²) in [6.45, 7) is 8.44. The van der Waals surface area contributed by atoms with Crippen molar-refractivity contribution < 1.29 is 32.3 Å². The van der Waals surface area contributed by atoms with Crippen LogP contribution in [0.5, 0.6) is 0 Å². The topological polar surface area (TPSA) is 167 Å². The van der Waals surface area contributed by atoms with Crippen molar-refractivity contribution in [2.24, 2.45) is 11.8 Å². The number of nitrogens with one attached hydrogen (secondary N) is 3. The molecule has 1 aromatic carbocycles. The zero-order valence-electron chi connectivity index (χ0n) is 29.5. The molecule has 0 unspecified atom stereocenters. The summed E-state index contributed by atoms with van der Waals surface area (Å²) in [6, 6.07) is 4.19. The maximum absolute atomic E-state index is 14.6. The monoisotopic (exact) mass is 750 g/mol. The van der Waals surface area contributed by atoms with Gasteiger partial charge in [-0.05, 0) is 61.1 Å². The number of aryl methyl sites for hydroxylation is 1. The Labute approximate surface area is 308 Å². The molecular formula is C37H46N6O7S2. The molecule has 3 aliphatic heterocycles. The lowest BCUT2D eigenvalue weighted by Crippen LogP contribution is -2.58. The van der Waals surface area contributed by atoms with E-state index in [9.17, 15) is 27.6 Å². The Kier molecular flexibility index (Phi) is 9.93. The Bertz CT molecular complexity index is 1910. The summed E-state index contributed by atoms with van der Waals surface area (Å²) in [5.74, 6) is -2.44. The van der Waals surface area contributed by atoms with Crippen LogP contribution in [-0.4, -0.2) is 82.5 Å². The second-order valence-electron chi connectivity index (χ2n) is 14.7. The van der Waals surface area contributed by atoms with Crippen molar-refractivity contribution in [2.75, 3.05) is 11.9 Å². The molecule has 4 heterocycles. The number of amides is 4. The number of allylic oxidation sites excluding steroid dienone is 1. The summed E-state index contributed by atoms with van der Waals surface area (Å²) in [5, 5.41) is 8.13. The first-order valence-corrected chi connectivity index (χ1v) is 20.6. The van der Waals surface area contributed by atoms with Crippen LogP contribution >= 0.6 is 11.3 Å². The minimum absolute atomic E-state index is 0.00352. The van der Waals surface area contributed by atoms with Gasteiger partial charge >= 0.3 is 6.09 Å². The summed E-state index contributed by atoms with van der Waals surface area (Å²) < 4.78 is 33.6. The lowest BCUT2D eigenvalue weighted by Gasteiger charge is -2.32. The summed E-state index contributed by atoms with van der Waals surface area (Å²) in [6.07, 6.45) is 8.73. The Morgan fingerprint density at radius 1 is 1.25 bits per heavy atom. The third-order valence-corrected chi connectivity index (χ3v) is 13.7. The second-order valence-corrected chi connectivity index (χ2v) is 17.5. The largest absolute Gasteiger partial charge is 0.444 e. The first-order valence-electron chi connectivity index (χ1n) is 18.2. The normalized spacial score (nSPS) is 28.7. The minimum Gasteiger partial charge on any atom is -0.444 e. The van der Waals surface area contributed by atoms with Crippen molar-refractivity contribution >= 4 is 56.4 Å². The number of carbonyl (C=O) groups excluding carboxylic acids is 4. The van der Waals surface area contributed by atoms with Crippen LogP contribution in [0.3, 0.4) is 0 Å². The van der Waals surface area contributed by atoms with Crippen LogP contribution in [0.1, 0.15) is 81.2 Å². The maximum atomic E-state index is 14.6. The van der Waals surface area contributed by atoms with Crippen LogP contribution < -0.4 is 15.4 Å². The summed E-state index contributed by atoms with van der Waals surface area (Å²) in [5.41, 5.74) is 2.56. The predicted molar refractivity (Wildman–Crippen MR) is 196 cm³/mol. The van der Waals surface area contributed by atoms with Crippen LogP contribution in [-0.2, 0) is 48.7 Å².